The Morgan fingerprint density at radius 1 is 1.19 bits per heavy atom. The van der Waals surface area contributed by atoms with E-state index in [0.717, 1.165) is 31.2 Å². The molecule has 1 aliphatic heterocycles. The molecule has 6 nitrogen and oxygen atoms in total. The molecule has 140 valence electrons. The molecule has 2 atom stereocenters. The summed E-state index contributed by atoms with van der Waals surface area (Å²) in [5.74, 6) is -0.531. The SMILES string of the molecule is O=C1CC[C@H](C(=O)N[C@H](c2cccc(Cl)c2)C2CCCC2)CNC(=O)N1. The van der Waals surface area contributed by atoms with E-state index in [1.165, 1.54) is 0 Å². The van der Waals surface area contributed by atoms with Crippen LogP contribution in [0.25, 0.3) is 0 Å². The van der Waals surface area contributed by atoms with Crippen molar-refractivity contribution in [1.29, 1.82) is 0 Å². The number of amides is 4. The Morgan fingerprint density at radius 2 is 1.96 bits per heavy atom. The van der Waals surface area contributed by atoms with Crippen LogP contribution in [0, 0.1) is 11.8 Å². The molecule has 2 aliphatic rings. The van der Waals surface area contributed by atoms with Crippen molar-refractivity contribution in [3.63, 3.8) is 0 Å². The zero-order valence-corrected chi connectivity index (χ0v) is 15.3. The summed E-state index contributed by atoms with van der Waals surface area (Å²) in [7, 11) is 0. The van der Waals surface area contributed by atoms with E-state index < -0.39 is 11.9 Å². The van der Waals surface area contributed by atoms with Crippen molar-refractivity contribution in [3.8, 4) is 0 Å². The third-order valence-corrected chi connectivity index (χ3v) is 5.46. The standard InChI is InChI=1S/C19H24ClN3O3/c20-15-7-3-6-13(10-15)17(12-4-1-2-5-12)23-18(25)14-8-9-16(24)22-19(26)21-11-14/h3,6-7,10,12,14,17H,1-2,4-5,8-9,11H2,(H,23,25)(H2,21,22,24,26)/t14-,17-/m0/s1. The maximum Gasteiger partial charge on any atom is 0.321 e. The lowest BCUT2D eigenvalue weighted by Crippen LogP contribution is -2.48. The molecule has 1 saturated carbocycles. The molecule has 0 aromatic heterocycles. The zero-order chi connectivity index (χ0) is 18.5. The van der Waals surface area contributed by atoms with Gasteiger partial charge in [0.15, 0.2) is 0 Å². The van der Waals surface area contributed by atoms with Crippen LogP contribution in [0.2, 0.25) is 5.02 Å². The molecule has 4 amide bonds. The predicted molar refractivity (Wildman–Crippen MR) is 98.6 cm³/mol. The molecule has 0 unspecified atom stereocenters. The summed E-state index contributed by atoms with van der Waals surface area (Å²) < 4.78 is 0. The fourth-order valence-electron chi connectivity index (χ4n) is 3.82. The zero-order valence-electron chi connectivity index (χ0n) is 14.6. The van der Waals surface area contributed by atoms with Gasteiger partial charge in [0.2, 0.25) is 11.8 Å². The lowest BCUT2D eigenvalue weighted by atomic mass is 9.90. The van der Waals surface area contributed by atoms with Crippen LogP contribution < -0.4 is 16.0 Å². The van der Waals surface area contributed by atoms with E-state index in [4.69, 9.17) is 11.6 Å². The molecule has 2 fully saturated rings. The third-order valence-electron chi connectivity index (χ3n) is 5.23. The van der Waals surface area contributed by atoms with Crippen molar-refractivity contribution in [2.75, 3.05) is 6.54 Å². The molecule has 1 saturated heterocycles. The minimum Gasteiger partial charge on any atom is -0.349 e. The molecule has 3 N–H and O–H groups in total. The number of hydrogen-bond acceptors (Lipinski definition) is 3. The van der Waals surface area contributed by atoms with Gasteiger partial charge in [-0.15, -0.1) is 0 Å². The second kappa shape index (κ2) is 8.54. The maximum absolute atomic E-state index is 12.9. The number of carbonyl (C=O) groups excluding carboxylic acids is 3. The van der Waals surface area contributed by atoms with Crippen LogP contribution in [0.15, 0.2) is 24.3 Å². The smallest absolute Gasteiger partial charge is 0.321 e. The molecule has 0 radical (unpaired) electrons. The highest BCUT2D eigenvalue weighted by Gasteiger charge is 2.31. The fourth-order valence-corrected chi connectivity index (χ4v) is 4.01. The summed E-state index contributed by atoms with van der Waals surface area (Å²) in [5.41, 5.74) is 1.00. The average molecular weight is 378 g/mol. The van der Waals surface area contributed by atoms with Crippen LogP contribution in [0.3, 0.4) is 0 Å². The van der Waals surface area contributed by atoms with E-state index >= 15 is 0 Å². The topological polar surface area (TPSA) is 87.3 Å². The summed E-state index contributed by atoms with van der Waals surface area (Å²) >= 11 is 6.15. The molecule has 3 rings (SSSR count). The van der Waals surface area contributed by atoms with Gasteiger partial charge in [-0.1, -0.05) is 36.6 Å². The Morgan fingerprint density at radius 3 is 2.69 bits per heavy atom. The molecule has 1 aromatic rings. The van der Waals surface area contributed by atoms with Crippen molar-refractivity contribution in [3.05, 3.63) is 34.9 Å². The minimum absolute atomic E-state index is 0.0985. The Bertz CT molecular complexity index is 670. The van der Waals surface area contributed by atoms with E-state index in [2.05, 4.69) is 16.0 Å². The molecule has 1 aliphatic carbocycles. The van der Waals surface area contributed by atoms with Crippen LogP contribution in [0.4, 0.5) is 4.79 Å². The number of imide groups is 1. The number of hydrogen-bond donors (Lipinski definition) is 3. The molecule has 0 bridgehead atoms. The maximum atomic E-state index is 12.9. The van der Waals surface area contributed by atoms with Crippen molar-refractivity contribution in [1.82, 2.24) is 16.0 Å². The largest absolute Gasteiger partial charge is 0.349 e. The molecule has 0 spiro atoms. The first-order valence-electron chi connectivity index (χ1n) is 9.16. The van der Waals surface area contributed by atoms with Gasteiger partial charge in [-0.05, 0) is 42.9 Å². The summed E-state index contributed by atoms with van der Waals surface area (Å²) in [6.45, 7) is 0.220. The summed E-state index contributed by atoms with van der Waals surface area (Å²) in [5, 5.41) is 8.63. The number of benzene rings is 1. The van der Waals surface area contributed by atoms with Crippen molar-refractivity contribution >= 4 is 29.4 Å². The van der Waals surface area contributed by atoms with Gasteiger partial charge in [0, 0.05) is 18.0 Å². The third kappa shape index (κ3) is 4.75. The number of halogens is 1. The van der Waals surface area contributed by atoms with Crippen molar-refractivity contribution in [2.45, 2.75) is 44.6 Å². The van der Waals surface area contributed by atoms with Gasteiger partial charge in [-0.25, -0.2) is 4.79 Å². The van der Waals surface area contributed by atoms with Crippen molar-refractivity contribution < 1.29 is 14.4 Å². The molecular weight excluding hydrogens is 354 g/mol. The predicted octanol–water partition coefficient (Wildman–Crippen LogP) is 2.92. The van der Waals surface area contributed by atoms with Crippen LogP contribution in [0.5, 0.6) is 0 Å². The van der Waals surface area contributed by atoms with E-state index in [1.54, 1.807) is 0 Å². The van der Waals surface area contributed by atoms with Gasteiger partial charge in [0.25, 0.3) is 0 Å². The number of nitrogens with one attached hydrogen (secondary N) is 3. The quantitative estimate of drug-likeness (QED) is 0.753. The van der Waals surface area contributed by atoms with E-state index in [0.29, 0.717) is 17.4 Å². The second-order valence-corrected chi connectivity index (χ2v) is 7.52. The Hall–Kier alpha value is -2.08. The Balaban J connectivity index is 1.74. The number of urea groups is 1. The molecule has 26 heavy (non-hydrogen) atoms. The monoisotopic (exact) mass is 377 g/mol. The van der Waals surface area contributed by atoms with Gasteiger partial charge < -0.3 is 10.6 Å². The number of carbonyl (C=O) groups is 3. The Labute approximate surface area is 158 Å². The van der Waals surface area contributed by atoms with E-state index in [-0.39, 0.29) is 30.8 Å². The highest BCUT2D eigenvalue weighted by atomic mass is 35.5. The summed E-state index contributed by atoms with van der Waals surface area (Å²) in [6.07, 6.45) is 5.04. The summed E-state index contributed by atoms with van der Waals surface area (Å²) in [6, 6.07) is 6.96. The van der Waals surface area contributed by atoms with Gasteiger partial charge >= 0.3 is 6.03 Å². The first kappa shape index (κ1) is 18.7. The highest BCUT2D eigenvalue weighted by Crippen LogP contribution is 2.36. The Kier molecular flexibility index (Phi) is 6.14. The minimum atomic E-state index is -0.547. The van der Waals surface area contributed by atoms with Gasteiger partial charge in [-0.3, -0.25) is 14.9 Å². The van der Waals surface area contributed by atoms with E-state index in [9.17, 15) is 14.4 Å². The highest BCUT2D eigenvalue weighted by molar-refractivity contribution is 6.30. The molecular formula is C19H24ClN3O3. The van der Waals surface area contributed by atoms with Gasteiger partial charge in [-0.2, -0.15) is 0 Å². The first-order valence-corrected chi connectivity index (χ1v) is 9.54. The van der Waals surface area contributed by atoms with Crippen LogP contribution in [-0.2, 0) is 9.59 Å². The van der Waals surface area contributed by atoms with Crippen LogP contribution in [-0.4, -0.2) is 24.4 Å². The molecule has 7 heteroatoms. The van der Waals surface area contributed by atoms with Gasteiger partial charge in [0.05, 0.1) is 12.0 Å². The normalized spacial score (nSPS) is 22.7. The first-order chi connectivity index (χ1) is 12.5. The van der Waals surface area contributed by atoms with Crippen molar-refractivity contribution in [2.24, 2.45) is 11.8 Å². The van der Waals surface area contributed by atoms with Crippen LogP contribution in [0.1, 0.15) is 50.1 Å². The number of rotatable bonds is 4. The lowest BCUT2D eigenvalue weighted by Gasteiger charge is -2.28. The van der Waals surface area contributed by atoms with E-state index in [1.807, 2.05) is 24.3 Å². The van der Waals surface area contributed by atoms with Gasteiger partial charge in [0.1, 0.15) is 0 Å². The fraction of sp³-hybridized carbons (Fsp3) is 0.526. The van der Waals surface area contributed by atoms with Crippen LogP contribution >= 0.6 is 11.6 Å². The molecule has 1 aromatic carbocycles. The summed E-state index contributed by atoms with van der Waals surface area (Å²) in [4.78, 5) is 36.0. The lowest BCUT2D eigenvalue weighted by molar-refractivity contribution is -0.127. The average Bonchev–Trinajstić information content (AvgIpc) is 3.12. The second-order valence-electron chi connectivity index (χ2n) is 7.08. The molecule has 1 heterocycles.